The van der Waals surface area contributed by atoms with Crippen molar-refractivity contribution in [3.63, 3.8) is 0 Å². The van der Waals surface area contributed by atoms with E-state index in [0.717, 1.165) is 25.9 Å². The Kier molecular flexibility index (Phi) is 6.58. The Morgan fingerprint density at radius 2 is 2.00 bits per heavy atom. The minimum Gasteiger partial charge on any atom is -0.448 e. The summed E-state index contributed by atoms with van der Waals surface area (Å²) in [5.74, 6) is 0.140. The quantitative estimate of drug-likeness (QED) is 0.620. The SMILES string of the molecule is CN(C)C(=O)CN1CCC(NCCOC(N)=O)CC1. The van der Waals surface area contributed by atoms with Gasteiger partial charge in [0, 0.05) is 39.8 Å². The van der Waals surface area contributed by atoms with Crippen LogP contribution in [0.1, 0.15) is 12.8 Å². The van der Waals surface area contributed by atoms with Crippen molar-refractivity contribution in [1.29, 1.82) is 0 Å². The summed E-state index contributed by atoms with van der Waals surface area (Å²) in [4.78, 5) is 25.7. The minimum absolute atomic E-state index is 0.140. The average molecular weight is 272 g/mol. The van der Waals surface area contributed by atoms with Crippen LogP contribution in [-0.4, -0.2) is 74.7 Å². The fraction of sp³-hybridized carbons (Fsp3) is 0.833. The van der Waals surface area contributed by atoms with Gasteiger partial charge < -0.3 is 20.7 Å². The summed E-state index contributed by atoms with van der Waals surface area (Å²) in [5.41, 5.74) is 4.87. The van der Waals surface area contributed by atoms with Crippen molar-refractivity contribution in [3.05, 3.63) is 0 Å². The molecule has 1 fully saturated rings. The molecule has 0 aromatic rings. The number of hydrogen-bond donors (Lipinski definition) is 2. The van der Waals surface area contributed by atoms with Gasteiger partial charge in [-0.15, -0.1) is 0 Å². The van der Waals surface area contributed by atoms with Crippen LogP contribution < -0.4 is 11.1 Å². The molecule has 0 aliphatic carbocycles. The topological polar surface area (TPSA) is 87.9 Å². The Morgan fingerprint density at radius 3 is 2.53 bits per heavy atom. The van der Waals surface area contributed by atoms with Crippen molar-refractivity contribution in [2.45, 2.75) is 18.9 Å². The summed E-state index contributed by atoms with van der Waals surface area (Å²) in [5, 5.41) is 3.32. The molecule has 0 unspecified atom stereocenters. The maximum Gasteiger partial charge on any atom is 0.404 e. The number of hydrogen-bond acceptors (Lipinski definition) is 5. The molecular weight excluding hydrogens is 248 g/mol. The predicted octanol–water partition coefficient (Wildman–Crippen LogP) is -0.776. The van der Waals surface area contributed by atoms with Gasteiger partial charge in [-0.3, -0.25) is 9.69 Å². The molecule has 110 valence electrons. The molecule has 1 heterocycles. The van der Waals surface area contributed by atoms with E-state index in [1.54, 1.807) is 19.0 Å². The number of primary amides is 1. The number of nitrogens with one attached hydrogen (secondary N) is 1. The Hall–Kier alpha value is -1.34. The summed E-state index contributed by atoms with van der Waals surface area (Å²) in [7, 11) is 3.55. The summed E-state index contributed by atoms with van der Waals surface area (Å²) in [6.07, 6.45) is 1.26. The number of rotatable bonds is 6. The van der Waals surface area contributed by atoms with Gasteiger partial charge in [-0.25, -0.2) is 4.79 Å². The molecule has 2 amide bonds. The molecule has 0 bridgehead atoms. The molecule has 3 N–H and O–H groups in total. The molecule has 1 aliphatic rings. The van der Waals surface area contributed by atoms with Crippen LogP contribution in [0.15, 0.2) is 0 Å². The molecule has 0 saturated carbocycles. The summed E-state index contributed by atoms with van der Waals surface area (Å²) in [6.45, 7) is 3.23. The lowest BCUT2D eigenvalue weighted by molar-refractivity contribution is -0.130. The highest BCUT2D eigenvalue weighted by atomic mass is 16.5. The zero-order valence-electron chi connectivity index (χ0n) is 11.7. The van der Waals surface area contributed by atoms with Crippen molar-refractivity contribution in [2.75, 3.05) is 46.9 Å². The number of amides is 2. The fourth-order valence-corrected chi connectivity index (χ4v) is 2.04. The van der Waals surface area contributed by atoms with Gasteiger partial charge in [-0.05, 0) is 12.8 Å². The Labute approximate surface area is 114 Å². The number of piperidine rings is 1. The van der Waals surface area contributed by atoms with E-state index in [2.05, 4.69) is 15.0 Å². The molecular formula is C12H24N4O3. The van der Waals surface area contributed by atoms with Gasteiger partial charge in [0.05, 0.1) is 6.54 Å². The van der Waals surface area contributed by atoms with E-state index in [0.29, 0.717) is 25.7 Å². The molecule has 7 heteroatoms. The summed E-state index contributed by atoms with van der Waals surface area (Å²) in [6, 6.07) is 0.419. The van der Waals surface area contributed by atoms with Crippen molar-refractivity contribution in [3.8, 4) is 0 Å². The number of likely N-dealkylation sites (tertiary alicyclic amines) is 1. The normalized spacial score (nSPS) is 17.2. The van der Waals surface area contributed by atoms with Gasteiger partial charge in [-0.1, -0.05) is 0 Å². The van der Waals surface area contributed by atoms with Gasteiger partial charge in [-0.2, -0.15) is 0 Å². The highest BCUT2D eigenvalue weighted by molar-refractivity contribution is 5.77. The Balaban J connectivity index is 2.11. The number of nitrogens with zero attached hydrogens (tertiary/aromatic N) is 2. The number of nitrogens with two attached hydrogens (primary N) is 1. The first-order valence-corrected chi connectivity index (χ1v) is 6.57. The van der Waals surface area contributed by atoms with Crippen molar-refractivity contribution >= 4 is 12.0 Å². The van der Waals surface area contributed by atoms with Gasteiger partial charge in [0.15, 0.2) is 0 Å². The van der Waals surface area contributed by atoms with Crippen molar-refractivity contribution in [1.82, 2.24) is 15.1 Å². The van der Waals surface area contributed by atoms with Crippen LogP contribution in [0.4, 0.5) is 4.79 Å². The predicted molar refractivity (Wildman–Crippen MR) is 71.7 cm³/mol. The van der Waals surface area contributed by atoms with E-state index in [1.165, 1.54) is 0 Å². The summed E-state index contributed by atoms with van der Waals surface area (Å²) < 4.78 is 4.65. The van der Waals surface area contributed by atoms with E-state index < -0.39 is 6.09 Å². The van der Waals surface area contributed by atoms with E-state index in [-0.39, 0.29) is 5.91 Å². The van der Waals surface area contributed by atoms with Crippen LogP contribution in [0.25, 0.3) is 0 Å². The van der Waals surface area contributed by atoms with Crippen molar-refractivity contribution in [2.24, 2.45) is 5.73 Å². The molecule has 0 aromatic heterocycles. The second-order valence-electron chi connectivity index (χ2n) is 4.96. The number of carbonyl (C=O) groups is 2. The van der Waals surface area contributed by atoms with Crippen LogP contribution in [0, 0.1) is 0 Å². The van der Waals surface area contributed by atoms with Gasteiger partial charge in [0.25, 0.3) is 0 Å². The standard InChI is InChI=1S/C12H24N4O3/c1-15(2)11(17)9-16-6-3-10(4-7-16)14-5-8-19-12(13)18/h10,14H,3-9H2,1-2H3,(H2,13,18). The third-order valence-electron chi connectivity index (χ3n) is 3.22. The van der Waals surface area contributed by atoms with E-state index in [1.807, 2.05) is 0 Å². The van der Waals surface area contributed by atoms with Crippen LogP contribution >= 0.6 is 0 Å². The zero-order valence-corrected chi connectivity index (χ0v) is 11.7. The van der Waals surface area contributed by atoms with E-state index in [4.69, 9.17) is 5.73 Å². The highest BCUT2D eigenvalue weighted by Crippen LogP contribution is 2.09. The second-order valence-corrected chi connectivity index (χ2v) is 4.96. The van der Waals surface area contributed by atoms with Crippen LogP contribution in [-0.2, 0) is 9.53 Å². The third-order valence-corrected chi connectivity index (χ3v) is 3.22. The Morgan fingerprint density at radius 1 is 1.37 bits per heavy atom. The first-order valence-electron chi connectivity index (χ1n) is 6.57. The molecule has 1 rings (SSSR count). The molecule has 0 aromatic carbocycles. The van der Waals surface area contributed by atoms with Crippen molar-refractivity contribution < 1.29 is 14.3 Å². The minimum atomic E-state index is -0.737. The average Bonchev–Trinajstić information content (AvgIpc) is 2.36. The zero-order chi connectivity index (χ0) is 14.3. The number of likely N-dealkylation sites (N-methyl/N-ethyl adjacent to an activating group) is 1. The molecule has 1 aliphatic heterocycles. The lowest BCUT2D eigenvalue weighted by Gasteiger charge is -2.32. The smallest absolute Gasteiger partial charge is 0.404 e. The maximum absolute atomic E-state index is 11.6. The fourth-order valence-electron chi connectivity index (χ4n) is 2.04. The number of ether oxygens (including phenoxy) is 1. The first kappa shape index (κ1) is 15.7. The van der Waals surface area contributed by atoms with Gasteiger partial charge in [0.2, 0.25) is 5.91 Å². The second kappa shape index (κ2) is 7.96. The molecule has 0 radical (unpaired) electrons. The first-order chi connectivity index (χ1) is 8.99. The highest BCUT2D eigenvalue weighted by Gasteiger charge is 2.20. The van der Waals surface area contributed by atoms with Gasteiger partial charge >= 0.3 is 6.09 Å². The lowest BCUT2D eigenvalue weighted by Crippen LogP contribution is -2.46. The van der Waals surface area contributed by atoms with Crippen LogP contribution in [0.5, 0.6) is 0 Å². The number of carbonyl (C=O) groups excluding carboxylic acids is 2. The lowest BCUT2D eigenvalue weighted by atomic mass is 10.1. The third kappa shape index (κ3) is 6.40. The molecule has 1 saturated heterocycles. The monoisotopic (exact) mass is 272 g/mol. The van der Waals surface area contributed by atoms with E-state index in [9.17, 15) is 9.59 Å². The van der Waals surface area contributed by atoms with Gasteiger partial charge in [0.1, 0.15) is 6.61 Å². The van der Waals surface area contributed by atoms with Crippen LogP contribution in [0.3, 0.4) is 0 Å². The molecule has 7 nitrogen and oxygen atoms in total. The molecule has 19 heavy (non-hydrogen) atoms. The van der Waals surface area contributed by atoms with Crippen LogP contribution in [0.2, 0.25) is 0 Å². The molecule has 0 spiro atoms. The molecule has 0 atom stereocenters. The Bertz CT molecular complexity index is 301. The summed E-state index contributed by atoms with van der Waals surface area (Å²) >= 11 is 0. The largest absolute Gasteiger partial charge is 0.448 e. The maximum atomic E-state index is 11.6. The van der Waals surface area contributed by atoms with E-state index >= 15 is 0 Å².